The molecule has 1 aliphatic rings. The van der Waals surface area contributed by atoms with Crippen LogP contribution in [-0.2, 0) is 0 Å². The van der Waals surface area contributed by atoms with Gasteiger partial charge in [0, 0.05) is 5.38 Å². The van der Waals surface area contributed by atoms with Crippen LogP contribution in [0.15, 0.2) is 24.3 Å². The molecule has 1 unspecified atom stereocenters. The highest BCUT2D eigenvalue weighted by Gasteiger charge is 2.28. The largest absolute Gasteiger partial charge is 0.493 e. The summed E-state index contributed by atoms with van der Waals surface area (Å²) in [5, 5.41) is 0.344. The molecule has 1 saturated carbocycles. The van der Waals surface area contributed by atoms with Crippen LogP contribution in [0.2, 0.25) is 0 Å². The molecule has 94 valence electrons. The molecule has 0 N–H and O–H groups in total. The average molecular weight is 255 g/mol. The van der Waals surface area contributed by atoms with Gasteiger partial charge in [0.05, 0.1) is 13.7 Å². The standard InChI is InChI=1S/C14H19ClO2/c1-16-13-6-2-3-7-14(13)17-10-4-5-12(15)11-8-9-11/h2-3,6-7,11-12H,4-5,8-10H2,1H3. The summed E-state index contributed by atoms with van der Waals surface area (Å²) in [6.45, 7) is 0.705. The smallest absolute Gasteiger partial charge is 0.161 e. The molecule has 17 heavy (non-hydrogen) atoms. The van der Waals surface area contributed by atoms with E-state index < -0.39 is 0 Å². The summed E-state index contributed by atoms with van der Waals surface area (Å²) < 4.78 is 10.9. The van der Waals surface area contributed by atoms with Crippen LogP contribution in [0, 0.1) is 5.92 Å². The molecule has 0 spiro atoms. The maximum absolute atomic E-state index is 6.24. The molecule has 2 nitrogen and oxygen atoms in total. The number of halogens is 1. The van der Waals surface area contributed by atoms with E-state index in [2.05, 4.69) is 0 Å². The van der Waals surface area contributed by atoms with E-state index in [0.29, 0.717) is 12.0 Å². The highest BCUT2D eigenvalue weighted by molar-refractivity contribution is 6.20. The van der Waals surface area contributed by atoms with Crippen molar-refractivity contribution in [3.05, 3.63) is 24.3 Å². The van der Waals surface area contributed by atoms with Crippen LogP contribution < -0.4 is 9.47 Å². The molecule has 0 heterocycles. The van der Waals surface area contributed by atoms with E-state index in [1.54, 1.807) is 7.11 Å². The zero-order chi connectivity index (χ0) is 12.1. The monoisotopic (exact) mass is 254 g/mol. The van der Waals surface area contributed by atoms with E-state index in [9.17, 15) is 0 Å². The Morgan fingerprint density at radius 2 is 2.00 bits per heavy atom. The Labute approximate surface area is 108 Å². The van der Waals surface area contributed by atoms with Gasteiger partial charge in [-0.3, -0.25) is 0 Å². The maximum Gasteiger partial charge on any atom is 0.161 e. The van der Waals surface area contributed by atoms with Crippen molar-refractivity contribution in [2.45, 2.75) is 31.1 Å². The number of hydrogen-bond acceptors (Lipinski definition) is 2. The number of ether oxygens (including phenoxy) is 2. The molecule has 0 radical (unpaired) electrons. The molecule has 0 bridgehead atoms. The highest BCUT2D eigenvalue weighted by Crippen LogP contribution is 2.37. The van der Waals surface area contributed by atoms with Crippen LogP contribution in [0.4, 0.5) is 0 Å². The Morgan fingerprint density at radius 1 is 1.29 bits per heavy atom. The van der Waals surface area contributed by atoms with Crippen molar-refractivity contribution in [1.29, 1.82) is 0 Å². The Balaban J connectivity index is 1.70. The van der Waals surface area contributed by atoms with Crippen LogP contribution in [0.5, 0.6) is 11.5 Å². The summed E-state index contributed by atoms with van der Waals surface area (Å²) in [6, 6.07) is 7.72. The van der Waals surface area contributed by atoms with Crippen molar-refractivity contribution in [2.24, 2.45) is 5.92 Å². The Morgan fingerprint density at radius 3 is 2.65 bits per heavy atom. The van der Waals surface area contributed by atoms with Gasteiger partial charge < -0.3 is 9.47 Å². The lowest BCUT2D eigenvalue weighted by molar-refractivity contribution is 0.285. The second kappa shape index (κ2) is 6.15. The molecule has 1 aromatic rings. The fourth-order valence-electron chi connectivity index (χ4n) is 1.89. The number of rotatable bonds is 7. The van der Waals surface area contributed by atoms with E-state index in [4.69, 9.17) is 21.1 Å². The lowest BCUT2D eigenvalue weighted by Crippen LogP contribution is -2.05. The molecule has 0 aromatic heterocycles. The third-order valence-electron chi connectivity index (χ3n) is 3.08. The normalized spacial score (nSPS) is 16.6. The van der Waals surface area contributed by atoms with Crippen LogP contribution in [0.25, 0.3) is 0 Å². The average Bonchev–Trinajstić information content (AvgIpc) is 3.19. The van der Waals surface area contributed by atoms with Gasteiger partial charge in [0.15, 0.2) is 11.5 Å². The first-order chi connectivity index (χ1) is 8.31. The molecule has 2 rings (SSSR count). The zero-order valence-electron chi connectivity index (χ0n) is 10.2. The van der Waals surface area contributed by atoms with Crippen molar-refractivity contribution in [1.82, 2.24) is 0 Å². The van der Waals surface area contributed by atoms with Crippen molar-refractivity contribution in [3.63, 3.8) is 0 Å². The summed E-state index contributed by atoms with van der Waals surface area (Å²) >= 11 is 6.24. The van der Waals surface area contributed by atoms with Gasteiger partial charge in [-0.25, -0.2) is 0 Å². The van der Waals surface area contributed by atoms with Crippen molar-refractivity contribution < 1.29 is 9.47 Å². The second-order valence-corrected chi connectivity index (χ2v) is 5.06. The SMILES string of the molecule is COc1ccccc1OCCCC(Cl)C1CC1. The van der Waals surface area contributed by atoms with Gasteiger partial charge in [-0.15, -0.1) is 11.6 Å². The zero-order valence-corrected chi connectivity index (χ0v) is 11.0. The first kappa shape index (κ1) is 12.6. The number of methoxy groups -OCH3 is 1. The summed E-state index contributed by atoms with van der Waals surface area (Å²) in [4.78, 5) is 0. The Kier molecular flexibility index (Phi) is 4.55. The molecule has 3 heteroatoms. The van der Waals surface area contributed by atoms with Crippen LogP contribution in [-0.4, -0.2) is 19.1 Å². The third kappa shape index (κ3) is 3.81. The van der Waals surface area contributed by atoms with Crippen LogP contribution in [0.1, 0.15) is 25.7 Å². The minimum Gasteiger partial charge on any atom is -0.493 e. The summed E-state index contributed by atoms with van der Waals surface area (Å²) in [6.07, 6.45) is 4.66. The number of para-hydroxylation sites is 2. The Hall–Kier alpha value is -0.890. The van der Waals surface area contributed by atoms with E-state index in [1.807, 2.05) is 24.3 Å². The number of hydrogen-bond donors (Lipinski definition) is 0. The fourth-order valence-corrected chi connectivity index (χ4v) is 2.30. The maximum atomic E-state index is 6.24. The van der Waals surface area contributed by atoms with Gasteiger partial charge in [0.2, 0.25) is 0 Å². The van der Waals surface area contributed by atoms with E-state index in [0.717, 1.165) is 30.3 Å². The molecule has 1 aromatic carbocycles. The van der Waals surface area contributed by atoms with E-state index >= 15 is 0 Å². The molecule has 1 atom stereocenters. The van der Waals surface area contributed by atoms with Crippen molar-refractivity contribution >= 4 is 11.6 Å². The molecule has 0 aliphatic heterocycles. The summed E-state index contributed by atoms with van der Waals surface area (Å²) in [5.41, 5.74) is 0. The van der Waals surface area contributed by atoms with Gasteiger partial charge in [-0.2, -0.15) is 0 Å². The van der Waals surface area contributed by atoms with Gasteiger partial charge in [0.25, 0.3) is 0 Å². The molecule has 0 saturated heterocycles. The first-order valence-electron chi connectivity index (χ1n) is 6.21. The molecular formula is C14H19ClO2. The summed E-state index contributed by atoms with van der Waals surface area (Å²) in [5.74, 6) is 2.37. The predicted molar refractivity (Wildman–Crippen MR) is 70.1 cm³/mol. The summed E-state index contributed by atoms with van der Waals surface area (Å²) in [7, 11) is 1.66. The quantitative estimate of drug-likeness (QED) is 0.543. The first-order valence-corrected chi connectivity index (χ1v) is 6.65. The lowest BCUT2D eigenvalue weighted by atomic mass is 10.2. The fraction of sp³-hybridized carbons (Fsp3) is 0.571. The van der Waals surface area contributed by atoms with Crippen LogP contribution >= 0.6 is 11.6 Å². The van der Waals surface area contributed by atoms with Crippen molar-refractivity contribution in [2.75, 3.05) is 13.7 Å². The minimum atomic E-state index is 0.344. The van der Waals surface area contributed by atoms with Crippen molar-refractivity contribution in [3.8, 4) is 11.5 Å². The lowest BCUT2D eigenvalue weighted by Gasteiger charge is -2.11. The predicted octanol–water partition coefficient (Wildman–Crippen LogP) is 3.87. The molecule has 1 fully saturated rings. The molecule has 1 aliphatic carbocycles. The highest BCUT2D eigenvalue weighted by atomic mass is 35.5. The number of alkyl halides is 1. The topological polar surface area (TPSA) is 18.5 Å². The van der Waals surface area contributed by atoms with Gasteiger partial charge >= 0.3 is 0 Å². The molecule has 0 amide bonds. The van der Waals surface area contributed by atoms with Crippen LogP contribution in [0.3, 0.4) is 0 Å². The van der Waals surface area contributed by atoms with Gasteiger partial charge in [-0.1, -0.05) is 12.1 Å². The van der Waals surface area contributed by atoms with Gasteiger partial charge in [-0.05, 0) is 43.7 Å². The van der Waals surface area contributed by atoms with Gasteiger partial charge in [0.1, 0.15) is 0 Å². The second-order valence-electron chi connectivity index (χ2n) is 4.49. The minimum absolute atomic E-state index is 0.344. The molecular weight excluding hydrogens is 236 g/mol. The van der Waals surface area contributed by atoms with E-state index in [1.165, 1.54) is 12.8 Å². The number of benzene rings is 1. The Bertz CT molecular complexity index is 350. The van der Waals surface area contributed by atoms with E-state index in [-0.39, 0.29) is 0 Å². The third-order valence-corrected chi connectivity index (χ3v) is 3.66.